The van der Waals surface area contributed by atoms with Crippen molar-refractivity contribution in [2.24, 2.45) is 0 Å². The van der Waals surface area contributed by atoms with Gasteiger partial charge in [-0.2, -0.15) is 0 Å². The lowest BCUT2D eigenvalue weighted by Gasteiger charge is -2.02. The van der Waals surface area contributed by atoms with Gasteiger partial charge in [0.1, 0.15) is 0 Å². The van der Waals surface area contributed by atoms with Gasteiger partial charge in [-0.25, -0.2) is 0 Å². The van der Waals surface area contributed by atoms with E-state index >= 15 is 0 Å². The van der Waals surface area contributed by atoms with E-state index in [0.29, 0.717) is 0 Å². The maximum Gasteiger partial charge on any atom is 0.0480 e. The van der Waals surface area contributed by atoms with Crippen LogP contribution in [0.15, 0.2) is 30.5 Å². The summed E-state index contributed by atoms with van der Waals surface area (Å²) in [6.45, 7) is 3.35. The van der Waals surface area contributed by atoms with E-state index in [1.54, 1.807) is 0 Å². The van der Waals surface area contributed by atoms with Crippen molar-refractivity contribution in [2.75, 3.05) is 0 Å². The van der Waals surface area contributed by atoms with Crippen LogP contribution < -0.4 is 0 Å². The van der Waals surface area contributed by atoms with Gasteiger partial charge in [0.2, 0.25) is 0 Å². The van der Waals surface area contributed by atoms with Crippen LogP contribution in [0, 0.1) is 6.07 Å². The minimum atomic E-state index is 1.13. The zero-order chi connectivity index (χ0) is 9.10. The lowest BCUT2D eigenvalue weighted by molar-refractivity contribution is 0.650. The molecule has 1 radical (unpaired) electrons. The highest BCUT2D eigenvalue weighted by atomic mass is 14.9. The fourth-order valence-electron chi connectivity index (χ4n) is 1.60. The topological polar surface area (TPSA) is 4.93 Å². The van der Waals surface area contributed by atoms with E-state index in [1.165, 1.54) is 23.7 Å². The van der Waals surface area contributed by atoms with Crippen LogP contribution in [-0.2, 0) is 6.54 Å². The Balaban J connectivity index is 2.35. The summed E-state index contributed by atoms with van der Waals surface area (Å²) < 4.78 is 2.31. The number of benzene rings is 1. The third-order valence-electron chi connectivity index (χ3n) is 2.37. The zero-order valence-corrected chi connectivity index (χ0v) is 7.96. The van der Waals surface area contributed by atoms with Gasteiger partial charge in [-0.3, -0.25) is 0 Å². The predicted molar refractivity (Wildman–Crippen MR) is 55.7 cm³/mol. The fraction of sp³-hybridized carbons (Fsp3) is 0.333. The first-order chi connectivity index (χ1) is 6.42. The monoisotopic (exact) mass is 172 g/mol. The van der Waals surface area contributed by atoms with Gasteiger partial charge in [-0.05, 0) is 30.7 Å². The van der Waals surface area contributed by atoms with Gasteiger partial charge < -0.3 is 4.57 Å². The molecule has 0 aliphatic carbocycles. The molecule has 1 nitrogen and oxygen atoms in total. The van der Waals surface area contributed by atoms with E-state index in [0.717, 1.165) is 6.54 Å². The second kappa shape index (κ2) is 3.65. The molecule has 0 bridgehead atoms. The quantitative estimate of drug-likeness (QED) is 0.669. The van der Waals surface area contributed by atoms with Gasteiger partial charge in [0.15, 0.2) is 0 Å². The Bertz CT molecular complexity index is 387. The first-order valence-corrected chi connectivity index (χ1v) is 4.87. The van der Waals surface area contributed by atoms with Crippen molar-refractivity contribution in [1.29, 1.82) is 0 Å². The number of aromatic nitrogens is 1. The molecular formula is C12H14N. The molecule has 1 aromatic carbocycles. The number of hydrogen-bond donors (Lipinski definition) is 0. The smallest absolute Gasteiger partial charge is 0.0480 e. The van der Waals surface area contributed by atoms with Gasteiger partial charge in [0, 0.05) is 23.6 Å². The summed E-state index contributed by atoms with van der Waals surface area (Å²) in [5.74, 6) is 0. The van der Waals surface area contributed by atoms with Gasteiger partial charge in [-0.15, -0.1) is 0 Å². The normalized spacial score (nSPS) is 10.8. The zero-order valence-electron chi connectivity index (χ0n) is 7.96. The molecule has 0 aliphatic heterocycles. The summed E-state index contributed by atoms with van der Waals surface area (Å²) >= 11 is 0. The number of nitrogens with zero attached hydrogens (tertiary/aromatic N) is 1. The summed E-state index contributed by atoms with van der Waals surface area (Å²) in [6.07, 6.45) is 4.66. The molecule has 67 valence electrons. The number of rotatable bonds is 3. The number of unbranched alkanes of at least 4 members (excludes halogenated alkanes) is 1. The molecule has 0 amide bonds. The third kappa shape index (κ3) is 1.59. The van der Waals surface area contributed by atoms with Gasteiger partial charge in [-0.1, -0.05) is 19.4 Å². The van der Waals surface area contributed by atoms with Crippen molar-refractivity contribution in [3.8, 4) is 0 Å². The SMILES string of the molecule is CCCCn1ccc2c[c]ccc21. The highest BCUT2D eigenvalue weighted by molar-refractivity contribution is 5.79. The van der Waals surface area contributed by atoms with Crippen molar-refractivity contribution in [1.82, 2.24) is 4.57 Å². The molecule has 0 N–H and O–H groups in total. The average Bonchev–Trinajstić information content (AvgIpc) is 2.58. The highest BCUT2D eigenvalue weighted by Gasteiger charge is 1.97. The molecule has 0 fully saturated rings. The van der Waals surface area contributed by atoms with Crippen LogP contribution in [0.1, 0.15) is 19.8 Å². The van der Waals surface area contributed by atoms with Crippen LogP contribution in [0.3, 0.4) is 0 Å². The minimum absolute atomic E-state index is 1.13. The van der Waals surface area contributed by atoms with Crippen molar-refractivity contribution in [3.05, 3.63) is 36.5 Å². The molecule has 0 atom stereocenters. The molecule has 2 aromatic rings. The van der Waals surface area contributed by atoms with Crippen molar-refractivity contribution in [3.63, 3.8) is 0 Å². The van der Waals surface area contributed by atoms with Gasteiger partial charge >= 0.3 is 0 Å². The molecule has 0 saturated heterocycles. The van der Waals surface area contributed by atoms with E-state index in [1.807, 2.05) is 12.1 Å². The third-order valence-corrected chi connectivity index (χ3v) is 2.37. The molecule has 1 aromatic heterocycles. The number of hydrogen-bond acceptors (Lipinski definition) is 0. The van der Waals surface area contributed by atoms with Crippen LogP contribution in [0.25, 0.3) is 10.9 Å². The average molecular weight is 172 g/mol. The predicted octanol–water partition coefficient (Wildman–Crippen LogP) is 3.24. The van der Waals surface area contributed by atoms with E-state index in [-0.39, 0.29) is 0 Å². The Kier molecular flexibility index (Phi) is 2.35. The summed E-state index contributed by atoms with van der Waals surface area (Å²) in [7, 11) is 0. The first-order valence-electron chi connectivity index (χ1n) is 4.87. The standard InChI is InChI=1S/C12H14N/c1-2-3-9-13-10-8-11-6-4-5-7-12(11)13/h5-8,10H,2-3,9H2,1H3. The molecule has 2 rings (SSSR count). The van der Waals surface area contributed by atoms with Gasteiger partial charge in [0.05, 0.1) is 0 Å². The molecule has 1 heteroatoms. The van der Waals surface area contributed by atoms with Crippen LogP contribution in [0.4, 0.5) is 0 Å². The Hall–Kier alpha value is -1.24. The van der Waals surface area contributed by atoms with E-state index in [9.17, 15) is 0 Å². The maximum atomic E-state index is 3.09. The van der Waals surface area contributed by atoms with Crippen LogP contribution >= 0.6 is 0 Å². The van der Waals surface area contributed by atoms with E-state index in [4.69, 9.17) is 0 Å². The number of aryl methyl sites for hydroxylation is 1. The first kappa shape index (κ1) is 8.36. The fourth-order valence-corrected chi connectivity index (χ4v) is 1.60. The van der Waals surface area contributed by atoms with Crippen LogP contribution in [-0.4, -0.2) is 4.57 Å². The molecular weight excluding hydrogens is 158 g/mol. The Morgan fingerprint density at radius 1 is 1.38 bits per heavy atom. The summed E-state index contributed by atoms with van der Waals surface area (Å²) in [5, 5.41) is 1.29. The van der Waals surface area contributed by atoms with E-state index < -0.39 is 0 Å². The number of fused-ring (bicyclic) bond motifs is 1. The van der Waals surface area contributed by atoms with Crippen LogP contribution in [0.5, 0.6) is 0 Å². The second-order valence-corrected chi connectivity index (χ2v) is 3.35. The lowest BCUT2D eigenvalue weighted by atomic mass is 10.2. The maximum absolute atomic E-state index is 3.09. The van der Waals surface area contributed by atoms with Crippen molar-refractivity contribution < 1.29 is 0 Å². The Labute approximate surface area is 79.0 Å². The molecule has 1 heterocycles. The second-order valence-electron chi connectivity index (χ2n) is 3.35. The molecule has 0 aliphatic rings. The summed E-state index contributed by atoms with van der Waals surface area (Å²) in [5.41, 5.74) is 1.33. The molecule has 13 heavy (non-hydrogen) atoms. The van der Waals surface area contributed by atoms with Crippen molar-refractivity contribution >= 4 is 10.9 Å². The summed E-state index contributed by atoms with van der Waals surface area (Å²) in [4.78, 5) is 0. The molecule has 0 spiro atoms. The van der Waals surface area contributed by atoms with Crippen LogP contribution in [0.2, 0.25) is 0 Å². The lowest BCUT2D eigenvalue weighted by Crippen LogP contribution is -1.94. The van der Waals surface area contributed by atoms with Crippen molar-refractivity contribution in [2.45, 2.75) is 26.3 Å². The summed E-state index contributed by atoms with van der Waals surface area (Å²) in [6, 6.07) is 11.4. The minimum Gasteiger partial charge on any atom is -0.347 e. The molecule has 0 unspecified atom stereocenters. The highest BCUT2D eigenvalue weighted by Crippen LogP contribution is 2.15. The molecule has 0 saturated carbocycles. The Morgan fingerprint density at radius 3 is 3.15 bits per heavy atom. The largest absolute Gasteiger partial charge is 0.347 e. The van der Waals surface area contributed by atoms with E-state index in [2.05, 4.69) is 35.9 Å². The van der Waals surface area contributed by atoms with Gasteiger partial charge in [0.25, 0.3) is 0 Å². The Morgan fingerprint density at radius 2 is 2.31 bits per heavy atom.